The van der Waals surface area contributed by atoms with Gasteiger partial charge < -0.3 is 10.1 Å². The molecular formula is C16H19ClN2O2. The highest BCUT2D eigenvalue weighted by molar-refractivity contribution is 6.30. The topological polar surface area (TPSA) is 51.2 Å². The van der Waals surface area contributed by atoms with E-state index >= 15 is 0 Å². The summed E-state index contributed by atoms with van der Waals surface area (Å²) in [4.78, 5) is 16.5. The average Bonchev–Trinajstić information content (AvgIpc) is 2.45. The molecule has 0 saturated heterocycles. The number of carbonyl (C=O) groups is 1. The number of benzene rings is 1. The number of carbonyl (C=O) groups excluding carboxylic acids is 1. The van der Waals surface area contributed by atoms with Gasteiger partial charge in [0, 0.05) is 18.5 Å². The molecule has 0 saturated carbocycles. The molecule has 0 aliphatic carbocycles. The molecule has 1 N–H and O–H groups in total. The number of halogens is 1. The fraction of sp³-hybridized carbons (Fsp3) is 0.375. The number of hydrogen-bond acceptors (Lipinski definition) is 3. The Balaban J connectivity index is 2.02. The smallest absolute Gasteiger partial charge is 0.252 e. The van der Waals surface area contributed by atoms with Gasteiger partial charge in [0.2, 0.25) is 0 Å². The highest BCUT2D eigenvalue weighted by Crippen LogP contribution is 2.20. The maximum absolute atomic E-state index is 12.3. The molecule has 0 aliphatic rings. The molecule has 21 heavy (non-hydrogen) atoms. The zero-order valence-electron chi connectivity index (χ0n) is 12.2. The number of nitrogens with zero attached hydrogens (tertiary/aromatic N) is 1. The number of para-hydroxylation sites is 1. The lowest BCUT2D eigenvalue weighted by molar-refractivity contribution is 0.0757. The van der Waals surface area contributed by atoms with Crippen LogP contribution in [-0.2, 0) is 4.74 Å². The minimum Gasteiger partial charge on any atom is -0.379 e. The number of aromatic nitrogens is 1. The molecule has 4 nitrogen and oxygen atoms in total. The molecular weight excluding hydrogens is 288 g/mol. The van der Waals surface area contributed by atoms with Crippen molar-refractivity contribution in [1.82, 2.24) is 10.3 Å². The molecule has 0 unspecified atom stereocenters. The molecule has 0 radical (unpaired) electrons. The number of amides is 1. The van der Waals surface area contributed by atoms with Crippen LogP contribution in [0.2, 0.25) is 5.15 Å². The third kappa shape index (κ3) is 4.41. The lowest BCUT2D eigenvalue weighted by atomic mass is 10.1. The van der Waals surface area contributed by atoms with E-state index < -0.39 is 0 Å². The summed E-state index contributed by atoms with van der Waals surface area (Å²) < 4.78 is 5.44. The second-order valence-electron chi connectivity index (χ2n) is 5.04. The summed E-state index contributed by atoms with van der Waals surface area (Å²) in [6, 6.07) is 9.07. The summed E-state index contributed by atoms with van der Waals surface area (Å²) in [5.41, 5.74) is 1.27. The Kier molecular flexibility index (Phi) is 5.53. The fourth-order valence-corrected chi connectivity index (χ4v) is 2.22. The maximum Gasteiger partial charge on any atom is 0.252 e. The van der Waals surface area contributed by atoms with Crippen LogP contribution in [0.3, 0.4) is 0 Å². The second-order valence-corrected chi connectivity index (χ2v) is 5.43. The monoisotopic (exact) mass is 306 g/mol. The van der Waals surface area contributed by atoms with E-state index in [1.54, 1.807) is 6.07 Å². The fourth-order valence-electron chi connectivity index (χ4n) is 2.02. The number of ether oxygens (including phenoxy) is 1. The zero-order valence-corrected chi connectivity index (χ0v) is 13.0. The molecule has 0 atom stereocenters. The van der Waals surface area contributed by atoms with Gasteiger partial charge in [-0.2, -0.15) is 0 Å². The van der Waals surface area contributed by atoms with Crippen LogP contribution in [0.1, 0.15) is 30.6 Å². The van der Waals surface area contributed by atoms with Crippen LogP contribution < -0.4 is 5.32 Å². The normalized spacial score (nSPS) is 11.0. The molecule has 2 rings (SSSR count). The van der Waals surface area contributed by atoms with Crippen LogP contribution in [0.5, 0.6) is 0 Å². The van der Waals surface area contributed by atoms with Crippen LogP contribution in [-0.4, -0.2) is 30.1 Å². The lowest BCUT2D eigenvalue weighted by Crippen LogP contribution is -2.26. The zero-order chi connectivity index (χ0) is 15.2. The number of rotatable bonds is 6. The minimum atomic E-state index is -0.139. The van der Waals surface area contributed by atoms with E-state index in [1.165, 1.54) is 0 Å². The van der Waals surface area contributed by atoms with E-state index in [0.717, 1.165) is 17.3 Å². The molecule has 0 fully saturated rings. The first-order valence-corrected chi connectivity index (χ1v) is 7.41. The Hall–Kier alpha value is -1.65. The highest BCUT2D eigenvalue weighted by Gasteiger charge is 2.11. The van der Waals surface area contributed by atoms with Crippen molar-refractivity contribution in [2.24, 2.45) is 0 Å². The lowest BCUT2D eigenvalue weighted by Gasteiger charge is -2.10. The molecule has 0 spiro atoms. The van der Waals surface area contributed by atoms with Gasteiger partial charge in [0.15, 0.2) is 0 Å². The SMILES string of the molecule is CC(C)OCCCNC(=O)c1cc(Cl)nc2ccccc12. The Labute approximate surface area is 129 Å². The Morgan fingerprint density at radius 2 is 2.14 bits per heavy atom. The molecule has 5 heteroatoms. The number of nitrogens with one attached hydrogen (secondary N) is 1. The van der Waals surface area contributed by atoms with Crippen molar-refractivity contribution >= 4 is 28.4 Å². The van der Waals surface area contributed by atoms with Gasteiger partial charge >= 0.3 is 0 Å². The van der Waals surface area contributed by atoms with E-state index in [-0.39, 0.29) is 12.0 Å². The molecule has 0 aliphatic heterocycles. The van der Waals surface area contributed by atoms with Crippen LogP contribution in [0.15, 0.2) is 30.3 Å². The summed E-state index contributed by atoms with van der Waals surface area (Å²) in [5.74, 6) is -0.139. The van der Waals surface area contributed by atoms with Gasteiger partial charge in [-0.05, 0) is 32.4 Å². The van der Waals surface area contributed by atoms with E-state index in [1.807, 2.05) is 38.1 Å². The second kappa shape index (κ2) is 7.38. The first-order valence-electron chi connectivity index (χ1n) is 7.03. The average molecular weight is 307 g/mol. The van der Waals surface area contributed by atoms with Crippen molar-refractivity contribution in [3.05, 3.63) is 41.0 Å². The number of pyridine rings is 1. The van der Waals surface area contributed by atoms with E-state index in [2.05, 4.69) is 10.3 Å². The van der Waals surface area contributed by atoms with Crippen LogP contribution >= 0.6 is 11.6 Å². The van der Waals surface area contributed by atoms with Gasteiger partial charge in [-0.25, -0.2) is 4.98 Å². The summed E-state index contributed by atoms with van der Waals surface area (Å²) in [6.45, 7) is 5.18. The summed E-state index contributed by atoms with van der Waals surface area (Å²) in [7, 11) is 0. The standard InChI is InChI=1S/C16H19ClN2O2/c1-11(2)21-9-5-8-18-16(20)13-10-15(17)19-14-7-4-3-6-12(13)14/h3-4,6-7,10-11H,5,8-9H2,1-2H3,(H,18,20). The first kappa shape index (κ1) is 15.7. The molecule has 1 amide bonds. The predicted octanol–water partition coefficient (Wildman–Crippen LogP) is 3.43. The molecule has 1 aromatic carbocycles. The van der Waals surface area contributed by atoms with Gasteiger partial charge in [-0.15, -0.1) is 0 Å². The predicted molar refractivity (Wildman–Crippen MR) is 84.8 cm³/mol. The van der Waals surface area contributed by atoms with Crippen LogP contribution in [0.4, 0.5) is 0 Å². The third-order valence-electron chi connectivity index (χ3n) is 2.99. The number of hydrogen-bond donors (Lipinski definition) is 1. The minimum absolute atomic E-state index is 0.139. The van der Waals surface area contributed by atoms with E-state index in [4.69, 9.17) is 16.3 Å². The third-order valence-corrected chi connectivity index (χ3v) is 3.18. The highest BCUT2D eigenvalue weighted by atomic mass is 35.5. The van der Waals surface area contributed by atoms with Gasteiger partial charge in [0.1, 0.15) is 5.15 Å². The molecule has 1 aromatic heterocycles. The largest absolute Gasteiger partial charge is 0.379 e. The van der Waals surface area contributed by atoms with Crippen molar-refractivity contribution in [3.63, 3.8) is 0 Å². The Bertz CT molecular complexity index is 629. The Morgan fingerprint density at radius 1 is 1.38 bits per heavy atom. The van der Waals surface area contributed by atoms with Crippen molar-refractivity contribution in [3.8, 4) is 0 Å². The van der Waals surface area contributed by atoms with Crippen LogP contribution in [0.25, 0.3) is 10.9 Å². The summed E-state index contributed by atoms with van der Waals surface area (Å²) in [5, 5.41) is 4.01. The van der Waals surface area contributed by atoms with Gasteiger partial charge in [0.25, 0.3) is 5.91 Å². The van der Waals surface area contributed by atoms with Crippen molar-refractivity contribution < 1.29 is 9.53 Å². The van der Waals surface area contributed by atoms with Crippen LogP contribution in [0, 0.1) is 0 Å². The van der Waals surface area contributed by atoms with Gasteiger partial charge in [-0.3, -0.25) is 4.79 Å². The van der Waals surface area contributed by atoms with Crippen molar-refractivity contribution in [2.45, 2.75) is 26.4 Å². The van der Waals surface area contributed by atoms with Gasteiger partial charge in [-0.1, -0.05) is 29.8 Å². The van der Waals surface area contributed by atoms with E-state index in [0.29, 0.717) is 23.9 Å². The molecule has 2 aromatic rings. The maximum atomic E-state index is 12.3. The van der Waals surface area contributed by atoms with Gasteiger partial charge in [0.05, 0.1) is 17.2 Å². The van der Waals surface area contributed by atoms with Crippen molar-refractivity contribution in [1.29, 1.82) is 0 Å². The number of fused-ring (bicyclic) bond motifs is 1. The quantitative estimate of drug-likeness (QED) is 0.657. The Morgan fingerprint density at radius 3 is 2.90 bits per heavy atom. The van der Waals surface area contributed by atoms with E-state index in [9.17, 15) is 4.79 Å². The summed E-state index contributed by atoms with van der Waals surface area (Å²) >= 11 is 5.98. The molecule has 112 valence electrons. The molecule has 1 heterocycles. The molecule has 0 bridgehead atoms. The first-order chi connectivity index (χ1) is 10.1. The summed E-state index contributed by atoms with van der Waals surface area (Å²) in [6.07, 6.45) is 0.990. The van der Waals surface area contributed by atoms with Crippen molar-refractivity contribution in [2.75, 3.05) is 13.2 Å².